The largest absolute Gasteiger partial charge is 0.456 e. The first-order valence-corrected chi connectivity index (χ1v) is 6.97. The monoisotopic (exact) mass is 327 g/mol. The van der Waals surface area contributed by atoms with Crippen molar-refractivity contribution in [3.05, 3.63) is 34.3 Å². The van der Waals surface area contributed by atoms with Gasteiger partial charge in [0.05, 0.1) is 22.2 Å². The predicted molar refractivity (Wildman–Crippen MR) is 77.2 cm³/mol. The molecule has 0 unspecified atom stereocenters. The van der Waals surface area contributed by atoms with Gasteiger partial charge in [0.25, 0.3) is 0 Å². The Morgan fingerprint density at radius 2 is 2.14 bits per heavy atom. The van der Waals surface area contributed by atoms with Crippen LogP contribution < -0.4 is 0 Å². The number of ether oxygens (including phenoxy) is 2. The Kier molecular flexibility index (Phi) is 3.84. The molecule has 1 aliphatic heterocycles. The van der Waals surface area contributed by atoms with Crippen molar-refractivity contribution >= 4 is 40.2 Å². The number of hydrogen-bond donors (Lipinski definition) is 0. The highest BCUT2D eigenvalue weighted by Gasteiger charge is 2.22. The average molecular weight is 328 g/mol. The lowest BCUT2D eigenvalue weighted by atomic mass is 10.2. The number of nitrogens with zero attached hydrogens (tertiary/aromatic N) is 3. The summed E-state index contributed by atoms with van der Waals surface area (Å²) in [4.78, 5) is 10.9. The van der Waals surface area contributed by atoms with E-state index in [1.807, 2.05) is 0 Å². The third kappa shape index (κ3) is 2.88. The van der Waals surface area contributed by atoms with Crippen LogP contribution in [0.25, 0.3) is 11.0 Å². The minimum atomic E-state index is -0.431. The fourth-order valence-electron chi connectivity index (χ4n) is 2.08. The summed E-state index contributed by atoms with van der Waals surface area (Å²) in [6, 6.07) is 3.34. The molecule has 1 aliphatic rings. The van der Waals surface area contributed by atoms with Crippen LogP contribution in [0.4, 0.5) is 0 Å². The van der Waals surface area contributed by atoms with Gasteiger partial charge in [-0.1, -0.05) is 28.4 Å². The van der Waals surface area contributed by atoms with Gasteiger partial charge in [-0.2, -0.15) is 0 Å². The van der Waals surface area contributed by atoms with E-state index in [9.17, 15) is 4.79 Å². The summed E-state index contributed by atoms with van der Waals surface area (Å²) in [6.07, 6.45) is 2.71. The number of benzene rings is 1. The van der Waals surface area contributed by atoms with Crippen LogP contribution in [-0.2, 0) is 14.3 Å². The van der Waals surface area contributed by atoms with Crippen LogP contribution in [-0.4, -0.2) is 33.7 Å². The van der Waals surface area contributed by atoms with Crippen LogP contribution >= 0.6 is 23.2 Å². The topological polar surface area (TPSA) is 66.2 Å². The highest BCUT2D eigenvalue weighted by Crippen LogP contribution is 2.29. The second kappa shape index (κ2) is 5.63. The van der Waals surface area contributed by atoms with Gasteiger partial charge in [-0.15, -0.1) is 5.10 Å². The second-order valence-corrected chi connectivity index (χ2v) is 5.36. The fraction of sp³-hybridized carbons (Fsp3) is 0.308. The SMILES string of the molecule is CC(=O)O[C@@H]1C=C[C@H](n2nnc3cc(Cl)c(Cl)cc32)OC1. The lowest BCUT2D eigenvalue weighted by Crippen LogP contribution is -2.27. The molecule has 0 N–H and O–H groups in total. The van der Waals surface area contributed by atoms with Gasteiger partial charge in [0.15, 0.2) is 6.23 Å². The molecule has 0 spiro atoms. The molecule has 0 amide bonds. The Labute approximate surface area is 130 Å². The van der Waals surface area contributed by atoms with E-state index in [2.05, 4.69) is 10.3 Å². The van der Waals surface area contributed by atoms with Gasteiger partial charge in [0, 0.05) is 6.92 Å². The molecule has 0 radical (unpaired) electrons. The van der Waals surface area contributed by atoms with Crippen LogP contribution in [0.3, 0.4) is 0 Å². The number of esters is 1. The van der Waals surface area contributed by atoms with Gasteiger partial charge >= 0.3 is 5.97 Å². The van der Waals surface area contributed by atoms with E-state index < -0.39 is 6.23 Å². The number of rotatable bonds is 2. The second-order valence-electron chi connectivity index (χ2n) is 4.55. The Hall–Kier alpha value is -1.63. The molecule has 110 valence electrons. The quantitative estimate of drug-likeness (QED) is 0.626. The summed E-state index contributed by atoms with van der Waals surface area (Å²) in [6.45, 7) is 1.61. The minimum Gasteiger partial charge on any atom is -0.456 e. The Morgan fingerprint density at radius 1 is 1.38 bits per heavy atom. The lowest BCUT2D eigenvalue weighted by molar-refractivity contribution is -0.149. The van der Waals surface area contributed by atoms with E-state index in [4.69, 9.17) is 32.7 Å². The first-order chi connectivity index (χ1) is 10.0. The molecule has 21 heavy (non-hydrogen) atoms. The smallest absolute Gasteiger partial charge is 0.303 e. The number of fused-ring (bicyclic) bond motifs is 1. The third-order valence-corrected chi connectivity index (χ3v) is 3.72. The molecule has 3 rings (SSSR count). The van der Waals surface area contributed by atoms with Gasteiger partial charge in [-0.3, -0.25) is 4.79 Å². The van der Waals surface area contributed by atoms with E-state index in [1.54, 1.807) is 29.0 Å². The molecule has 2 atom stereocenters. The van der Waals surface area contributed by atoms with Crippen molar-refractivity contribution in [2.75, 3.05) is 6.61 Å². The van der Waals surface area contributed by atoms with Crippen molar-refractivity contribution < 1.29 is 14.3 Å². The highest BCUT2D eigenvalue weighted by atomic mass is 35.5. The van der Waals surface area contributed by atoms with Crippen LogP contribution in [0.15, 0.2) is 24.3 Å². The molecular weight excluding hydrogens is 317 g/mol. The normalized spacial score (nSPS) is 21.7. The molecular formula is C13H11Cl2N3O3. The van der Waals surface area contributed by atoms with Crippen molar-refractivity contribution in [1.82, 2.24) is 15.0 Å². The summed E-state index contributed by atoms with van der Waals surface area (Å²) in [5.41, 5.74) is 1.34. The van der Waals surface area contributed by atoms with Gasteiger partial charge in [-0.05, 0) is 24.3 Å². The van der Waals surface area contributed by atoms with Crippen molar-refractivity contribution in [3.8, 4) is 0 Å². The number of halogens is 2. The first-order valence-electron chi connectivity index (χ1n) is 6.21. The molecule has 0 saturated heterocycles. The third-order valence-electron chi connectivity index (χ3n) is 2.99. The van der Waals surface area contributed by atoms with E-state index >= 15 is 0 Å². The maximum Gasteiger partial charge on any atom is 0.303 e. The first kappa shape index (κ1) is 14.3. The summed E-state index contributed by atoms with van der Waals surface area (Å²) in [5, 5.41) is 8.93. The molecule has 8 heteroatoms. The van der Waals surface area contributed by atoms with E-state index in [1.165, 1.54) is 6.92 Å². The average Bonchev–Trinajstić information content (AvgIpc) is 2.82. The molecule has 6 nitrogen and oxygen atoms in total. The molecule has 0 aliphatic carbocycles. The van der Waals surface area contributed by atoms with Crippen molar-refractivity contribution in [2.45, 2.75) is 19.3 Å². The fourth-order valence-corrected chi connectivity index (χ4v) is 2.40. The maximum atomic E-state index is 10.9. The highest BCUT2D eigenvalue weighted by molar-refractivity contribution is 6.42. The van der Waals surface area contributed by atoms with Gasteiger partial charge in [-0.25, -0.2) is 4.68 Å². The molecule has 0 fully saturated rings. The van der Waals surface area contributed by atoms with Crippen LogP contribution in [0, 0.1) is 0 Å². The predicted octanol–water partition coefficient (Wildman–Crippen LogP) is 2.75. The number of hydrogen-bond acceptors (Lipinski definition) is 5. The zero-order chi connectivity index (χ0) is 15.0. The van der Waals surface area contributed by atoms with E-state index in [0.29, 0.717) is 21.1 Å². The Morgan fingerprint density at radius 3 is 2.81 bits per heavy atom. The summed E-state index contributed by atoms with van der Waals surface area (Å²) >= 11 is 12.0. The zero-order valence-electron chi connectivity index (χ0n) is 11.0. The van der Waals surface area contributed by atoms with Crippen LogP contribution in [0.1, 0.15) is 13.2 Å². The Bertz CT molecular complexity index is 729. The number of carbonyl (C=O) groups excluding carboxylic acids is 1. The minimum absolute atomic E-state index is 0.253. The molecule has 1 aromatic heterocycles. The van der Waals surface area contributed by atoms with Crippen molar-refractivity contribution in [2.24, 2.45) is 0 Å². The maximum absolute atomic E-state index is 10.9. The summed E-state index contributed by atoms with van der Waals surface area (Å²) in [5.74, 6) is -0.348. The summed E-state index contributed by atoms with van der Waals surface area (Å²) < 4.78 is 12.3. The molecule has 0 bridgehead atoms. The van der Waals surface area contributed by atoms with Crippen molar-refractivity contribution in [3.63, 3.8) is 0 Å². The van der Waals surface area contributed by atoms with E-state index in [0.717, 1.165) is 0 Å². The standard InChI is InChI=1S/C13H11Cl2N3O3/c1-7(19)21-8-2-3-13(20-6-8)18-12-5-10(15)9(14)4-11(12)16-17-18/h2-5,8,13H,6H2,1H3/t8-,13-/m1/s1. The number of carbonyl (C=O) groups is 1. The molecule has 0 saturated carbocycles. The van der Waals surface area contributed by atoms with Gasteiger partial charge in [0.2, 0.25) is 0 Å². The van der Waals surface area contributed by atoms with Crippen LogP contribution in [0.5, 0.6) is 0 Å². The van der Waals surface area contributed by atoms with Crippen molar-refractivity contribution in [1.29, 1.82) is 0 Å². The van der Waals surface area contributed by atoms with Gasteiger partial charge < -0.3 is 9.47 Å². The molecule has 2 heterocycles. The summed E-state index contributed by atoms with van der Waals surface area (Å²) in [7, 11) is 0. The zero-order valence-corrected chi connectivity index (χ0v) is 12.5. The van der Waals surface area contributed by atoms with Crippen LogP contribution in [0.2, 0.25) is 10.0 Å². The molecule has 1 aromatic carbocycles. The van der Waals surface area contributed by atoms with E-state index in [-0.39, 0.29) is 18.7 Å². The molecule has 2 aromatic rings. The Balaban J connectivity index is 1.88. The van der Waals surface area contributed by atoms with Gasteiger partial charge in [0.1, 0.15) is 11.6 Å². The lowest BCUT2D eigenvalue weighted by Gasteiger charge is -2.23. The number of aromatic nitrogens is 3.